The number of hydrogen-bond acceptors (Lipinski definition) is 4. The number of carbonyl (C=O) groups excluding carboxylic acids is 1. The summed E-state index contributed by atoms with van der Waals surface area (Å²) in [4.78, 5) is 27.9. The maximum atomic E-state index is 12.9. The van der Waals surface area contributed by atoms with Gasteiger partial charge in [0.2, 0.25) is 5.43 Å². The standard InChI is InChI=1S/C26H30N4O2/c1-19-9-8-14-29(17-19)18-22-11-7-6-10-21(22)16-27-26(32)25-24(31)15-20(2)30(28-25)23-12-4-3-5-13-23/h3-7,10-13,15,19H,8-9,14,16-18H2,1-2H3,(H,27,32). The van der Waals surface area contributed by atoms with E-state index in [0.29, 0.717) is 12.2 Å². The summed E-state index contributed by atoms with van der Waals surface area (Å²) in [5, 5.41) is 7.27. The fourth-order valence-corrected chi connectivity index (χ4v) is 4.35. The lowest BCUT2D eigenvalue weighted by atomic mass is 9.99. The number of likely N-dealkylation sites (tertiary alicyclic amines) is 1. The third-order valence-corrected chi connectivity index (χ3v) is 6.02. The predicted molar refractivity (Wildman–Crippen MR) is 126 cm³/mol. The van der Waals surface area contributed by atoms with E-state index in [0.717, 1.165) is 36.8 Å². The van der Waals surface area contributed by atoms with Gasteiger partial charge in [0.05, 0.1) is 5.69 Å². The highest BCUT2D eigenvalue weighted by atomic mass is 16.2. The van der Waals surface area contributed by atoms with E-state index in [9.17, 15) is 9.59 Å². The van der Waals surface area contributed by atoms with Gasteiger partial charge in [0.25, 0.3) is 5.91 Å². The van der Waals surface area contributed by atoms with E-state index in [1.807, 2.05) is 48.5 Å². The van der Waals surface area contributed by atoms with Crippen molar-refractivity contribution in [3.05, 3.63) is 93.4 Å². The van der Waals surface area contributed by atoms with Gasteiger partial charge in [-0.2, -0.15) is 5.10 Å². The molecule has 1 saturated heterocycles. The Morgan fingerprint density at radius 3 is 2.56 bits per heavy atom. The lowest BCUT2D eigenvalue weighted by Crippen LogP contribution is -2.34. The Morgan fingerprint density at radius 1 is 1.09 bits per heavy atom. The molecular formula is C26H30N4O2. The molecular weight excluding hydrogens is 400 g/mol. The summed E-state index contributed by atoms with van der Waals surface area (Å²) >= 11 is 0. The summed E-state index contributed by atoms with van der Waals surface area (Å²) in [6.45, 7) is 7.55. The number of nitrogens with one attached hydrogen (secondary N) is 1. The van der Waals surface area contributed by atoms with Crippen LogP contribution in [0.1, 0.15) is 47.1 Å². The zero-order valence-electron chi connectivity index (χ0n) is 18.8. The molecule has 32 heavy (non-hydrogen) atoms. The van der Waals surface area contributed by atoms with Crippen LogP contribution >= 0.6 is 0 Å². The number of benzene rings is 2. The minimum atomic E-state index is -0.457. The molecule has 0 aliphatic carbocycles. The quantitative estimate of drug-likeness (QED) is 0.648. The fraction of sp³-hybridized carbons (Fsp3) is 0.346. The van der Waals surface area contributed by atoms with E-state index in [-0.39, 0.29) is 11.1 Å². The Balaban J connectivity index is 1.49. The summed E-state index contributed by atoms with van der Waals surface area (Å²) in [5.74, 6) is 0.260. The third-order valence-electron chi connectivity index (χ3n) is 6.02. The molecule has 3 aromatic rings. The van der Waals surface area contributed by atoms with Crippen LogP contribution in [0.4, 0.5) is 0 Å². The minimum Gasteiger partial charge on any atom is -0.346 e. The second-order valence-corrected chi connectivity index (χ2v) is 8.68. The van der Waals surface area contributed by atoms with E-state index >= 15 is 0 Å². The molecule has 1 aliphatic rings. The number of piperidine rings is 1. The molecule has 1 N–H and O–H groups in total. The van der Waals surface area contributed by atoms with Crippen molar-refractivity contribution in [2.75, 3.05) is 13.1 Å². The van der Waals surface area contributed by atoms with Crippen molar-refractivity contribution in [2.45, 2.75) is 39.8 Å². The van der Waals surface area contributed by atoms with Gasteiger partial charge in [0, 0.05) is 31.4 Å². The van der Waals surface area contributed by atoms with E-state index < -0.39 is 5.91 Å². The highest BCUT2D eigenvalue weighted by Crippen LogP contribution is 2.19. The number of aromatic nitrogens is 2. The summed E-state index contributed by atoms with van der Waals surface area (Å²) in [7, 11) is 0. The average molecular weight is 431 g/mol. The van der Waals surface area contributed by atoms with Gasteiger partial charge in [-0.25, -0.2) is 4.68 Å². The van der Waals surface area contributed by atoms with Crippen molar-refractivity contribution in [3.8, 4) is 5.69 Å². The van der Waals surface area contributed by atoms with Gasteiger partial charge in [-0.3, -0.25) is 14.5 Å². The molecule has 6 heteroatoms. The molecule has 0 radical (unpaired) electrons. The average Bonchev–Trinajstić information content (AvgIpc) is 2.79. The van der Waals surface area contributed by atoms with E-state index in [2.05, 4.69) is 28.3 Å². The molecule has 1 fully saturated rings. The first-order valence-electron chi connectivity index (χ1n) is 11.2. The monoisotopic (exact) mass is 430 g/mol. The first kappa shape index (κ1) is 22.0. The molecule has 4 rings (SSSR count). The topological polar surface area (TPSA) is 67.2 Å². The minimum absolute atomic E-state index is 0.0956. The number of nitrogens with zero attached hydrogens (tertiary/aromatic N) is 3. The van der Waals surface area contributed by atoms with Crippen LogP contribution in [0.2, 0.25) is 0 Å². The van der Waals surface area contributed by atoms with Gasteiger partial charge in [0.15, 0.2) is 5.69 Å². The van der Waals surface area contributed by atoms with Gasteiger partial charge in [0.1, 0.15) is 0 Å². The van der Waals surface area contributed by atoms with Crippen LogP contribution in [0.3, 0.4) is 0 Å². The Hall–Kier alpha value is -3.25. The van der Waals surface area contributed by atoms with Gasteiger partial charge in [-0.1, -0.05) is 49.4 Å². The van der Waals surface area contributed by atoms with Crippen LogP contribution in [0.15, 0.2) is 65.5 Å². The number of aryl methyl sites for hydroxylation is 1. The van der Waals surface area contributed by atoms with Crippen molar-refractivity contribution in [1.29, 1.82) is 0 Å². The number of para-hydroxylation sites is 1. The molecule has 1 amide bonds. The lowest BCUT2D eigenvalue weighted by molar-refractivity contribution is 0.0942. The molecule has 2 aromatic carbocycles. The predicted octanol–water partition coefficient (Wildman–Crippen LogP) is 3.70. The van der Waals surface area contributed by atoms with E-state index in [1.54, 1.807) is 11.6 Å². The fourth-order valence-electron chi connectivity index (χ4n) is 4.35. The number of rotatable bonds is 6. The van der Waals surface area contributed by atoms with Crippen LogP contribution in [-0.4, -0.2) is 33.7 Å². The van der Waals surface area contributed by atoms with Crippen molar-refractivity contribution < 1.29 is 4.79 Å². The number of carbonyl (C=O) groups is 1. The van der Waals surface area contributed by atoms with Crippen molar-refractivity contribution in [2.24, 2.45) is 5.92 Å². The maximum absolute atomic E-state index is 12.9. The molecule has 1 unspecified atom stereocenters. The van der Waals surface area contributed by atoms with Crippen LogP contribution < -0.4 is 10.7 Å². The Kier molecular flexibility index (Phi) is 6.81. The first-order chi connectivity index (χ1) is 15.5. The SMILES string of the molecule is Cc1cc(=O)c(C(=O)NCc2ccccc2CN2CCCC(C)C2)nn1-c1ccccc1. The second-order valence-electron chi connectivity index (χ2n) is 8.68. The summed E-state index contributed by atoms with van der Waals surface area (Å²) in [6.07, 6.45) is 2.52. The van der Waals surface area contributed by atoms with Gasteiger partial charge >= 0.3 is 0 Å². The van der Waals surface area contributed by atoms with Gasteiger partial charge in [-0.05, 0) is 55.5 Å². The van der Waals surface area contributed by atoms with E-state index in [4.69, 9.17) is 0 Å². The zero-order valence-corrected chi connectivity index (χ0v) is 18.8. The van der Waals surface area contributed by atoms with E-state index in [1.165, 1.54) is 24.5 Å². The molecule has 166 valence electrons. The molecule has 0 bridgehead atoms. The molecule has 1 aromatic heterocycles. The first-order valence-corrected chi connectivity index (χ1v) is 11.2. The number of hydrogen-bond donors (Lipinski definition) is 1. The molecule has 1 aliphatic heterocycles. The molecule has 0 saturated carbocycles. The van der Waals surface area contributed by atoms with Crippen LogP contribution in [0, 0.1) is 12.8 Å². The van der Waals surface area contributed by atoms with Crippen LogP contribution in [0.25, 0.3) is 5.69 Å². The highest BCUT2D eigenvalue weighted by Gasteiger charge is 2.18. The van der Waals surface area contributed by atoms with Gasteiger partial charge in [-0.15, -0.1) is 0 Å². The third kappa shape index (κ3) is 5.14. The normalized spacial score (nSPS) is 16.6. The highest BCUT2D eigenvalue weighted by molar-refractivity contribution is 5.92. The Labute approximate surface area is 188 Å². The van der Waals surface area contributed by atoms with Crippen molar-refractivity contribution >= 4 is 5.91 Å². The van der Waals surface area contributed by atoms with Crippen molar-refractivity contribution in [3.63, 3.8) is 0 Å². The Bertz CT molecular complexity index is 1140. The molecule has 1 atom stereocenters. The van der Waals surface area contributed by atoms with Crippen LogP contribution in [0.5, 0.6) is 0 Å². The zero-order chi connectivity index (χ0) is 22.5. The Morgan fingerprint density at radius 2 is 1.81 bits per heavy atom. The van der Waals surface area contributed by atoms with Crippen molar-refractivity contribution in [1.82, 2.24) is 20.0 Å². The molecule has 2 heterocycles. The smallest absolute Gasteiger partial charge is 0.276 e. The van der Waals surface area contributed by atoms with Gasteiger partial charge < -0.3 is 5.32 Å². The molecule has 0 spiro atoms. The summed E-state index contributed by atoms with van der Waals surface area (Å²) in [5.41, 5.74) is 3.29. The lowest BCUT2D eigenvalue weighted by Gasteiger charge is -2.31. The second kappa shape index (κ2) is 9.92. The van der Waals surface area contributed by atoms with Crippen LogP contribution in [-0.2, 0) is 13.1 Å². The summed E-state index contributed by atoms with van der Waals surface area (Å²) in [6, 6.07) is 19.1. The maximum Gasteiger partial charge on any atom is 0.276 e. The summed E-state index contributed by atoms with van der Waals surface area (Å²) < 4.78 is 1.63. The molecule has 6 nitrogen and oxygen atoms in total. The number of amides is 1. The largest absolute Gasteiger partial charge is 0.346 e.